The standard InChI is InChI=1S/C15H11ClN4O/c16-10-6-7-12(17)20-14(10)15(21)19-11-5-1-3-9-4-2-8-18-13(9)11/h1-8H,(H2,17,20)(H,19,21). The third-order valence-corrected chi connectivity index (χ3v) is 3.27. The molecule has 0 radical (unpaired) electrons. The zero-order valence-corrected chi connectivity index (χ0v) is 11.6. The van der Waals surface area contributed by atoms with Crippen molar-refractivity contribution in [2.24, 2.45) is 0 Å². The van der Waals surface area contributed by atoms with Crippen LogP contribution in [0.25, 0.3) is 10.9 Å². The number of benzene rings is 1. The smallest absolute Gasteiger partial charge is 0.275 e. The maximum Gasteiger partial charge on any atom is 0.275 e. The summed E-state index contributed by atoms with van der Waals surface area (Å²) in [5, 5.41) is 3.94. The highest BCUT2D eigenvalue weighted by Crippen LogP contribution is 2.22. The first-order chi connectivity index (χ1) is 10.1. The van der Waals surface area contributed by atoms with Crippen LogP contribution in [-0.2, 0) is 0 Å². The van der Waals surface area contributed by atoms with Crippen LogP contribution in [0.4, 0.5) is 11.5 Å². The Morgan fingerprint density at radius 3 is 2.81 bits per heavy atom. The molecule has 2 aromatic heterocycles. The number of rotatable bonds is 2. The minimum absolute atomic E-state index is 0.0876. The third-order valence-electron chi connectivity index (χ3n) is 2.96. The fourth-order valence-electron chi connectivity index (χ4n) is 2.00. The molecule has 0 fully saturated rings. The van der Waals surface area contributed by atoms with Gasteiger partial charge in [-0.1, -0.05) is 29.8 Å². The number of hydrogen-bond acceptors (Lipinski definition) is 4. The minimum atomic E-state index is -0.426. The summed E-state index contributed by atoms with van der Waals surface area (Å²) in [7, 11) is 0. The van der Waals surface area contributed by atoms with Crippen LogP contribution in [0.2, 0.25) is 5.02 Å². The van der Waals surface area contributed by atoms with Gasteiger partial charge in [-0.3, -0.25) is 9.78 Å². The molecule has 0 unspecified atom stereocenters. The molecule has 0 bridgehead atoms. The molecule has 6 heteroatoms. The first kappa shape index (κ1) is 13.3. The number of carbonyl (C=O) groups is 1. The number of nitrogens with two attached hydrogens (primary N) is 1. The van der Waals surface area contributed by atoms with Crippen molar-refractivity contribution in [1.29, 1.82) is 0 Å². The Morgan fingerprint density at radius 2 is 1.95 bits per heavy atom. The summed E-state index contributed by atoms with van der Waals surface area (Å²) in [6.45, 7) is 0. The average molecular weight is 299 g/mol. The minimum Gasteiger partial charge on any atom is -0.384 e. The van der Waals surface area contributed by atoms with Crippen molar-refractivity contribution in [2.45, 2.75) is 0 Å². The van der Waals surface area contributed by atoms with E-state index in [1.807, 2.05) is 24.3 Å². The van der Waals surface area contributed by atoms with Crippen molar-refractivity contribution in [1.82, 2.24) is 9.97 Å². The predicted molar refractivity (Wildman–Crippen MR) is 83.4 cm³/mol. The quantitative estimate of drug-likeness (QED) is 0.761. The van der Waals surface area contributed by atoms with Crippen molar-refractivity contribution >= 4 is 39.9 Å². The fourth-order valence-corrected chi connectivity index (χ4v) is 2.19. The van der Waals surface area contributed by atoms with Gasteiger partial charge in [-0.15, -0.1) is 0 Å². The van der Waals surface area contributed by atoms with E-state index in [0.717, 1.165) is 5.39 Å². The molecular weight excluding hydrogens is 288 g/mol. The topological polar surface area (TPSA) is 80.9 Å². The Balaban J connectivity index is 1.99. The number of fused-ring (bicyclic) bond motifs is 1. The van der Waals surface area contributed by atoms with Gasteiger partial charge in [-0.2, -0.15) is 0 Å². The van der Waals surface area contributed by atoms with Crippen LogP contribution in [0.15, 0.2) is 48.7 Å². The fraction of sp³-hybridized carbons (Fsp3) is 0. The molecule has 0 aliphatic heterocycles. The molecule has 104 valence electrons. The Bertz CT molecular complexity index is 830. The Morgan fingerprint density at radius 1 is 1.14 bits per heavy atom. The molecule has 21 heavy (non-hydrogen) atoms. The summed E-state index contributed by atoms with van der Waals surface area (Å²) in [6, 6.07) is 12.4. The van der Waals surface area contributed by atoms with E-state index in [1.54, 1.807) is 24.4 Å². The summed E-state index contributed by atoms with van der Waals surface area (Å²) in [6.07, 6.45) is 1.67. The van der Waals surface area contributed by atoms with Crippen LogP contribution in [0, 0.1) is 0 Å². The number of hydrogen-bond donors (Lipinski definition) is 2. The Labute approximate surface area is 125 Å². The maximum absolute atomic E-state index is 12.3. The van der Waals surface area contributed by atoms with Gasteiger partial charge >= 0.3 is 0 Å². The summed E-state index contributed by atoms with van der Waals surface area (Å²) in [5.41, 5.74) is 6.97. The lowest BCUT2D eigenvalue weighted by Crippen LogP contribution is -2.15. The Kier molecular flexibility index (Phi) is 3.41. The van der Waals surface area contributed by atoms with Crippen LogP contribution in [0.5, 0.6) is 0 Å². The van der Waals surface area contributed by atoms with E-state index in [1.165, 1.54) is 0 Å². The normalized spacial score (nSPS) is 10.5. The number of nitrogen functional groups attached to an aromatic ring is 1. The number of para-hydroxylation sites is 1. The molecule has 3 rings (SSSR count). The van der Waals surface area contributed by atoms with Gasteiger partial charge < -0.3 is 11.1 Å². The van der Waals surface area contributed by atoms with Gasteiger partial charge in [0.1, 0.15) is 11.5 Å². The number of nitrogens with zero attached hydrogens (tertiary/aromatic N) is 2. The Hall–Kier alpha value is -2.66. The number of carbonyl (C=O) groups excluding carboxylic acids is 1. The molecule has 1 aromatic carbocycles. The van der Waals surface area contributed by atoms with Gasteiger partial charge in [0.2, 0.25) is 0 Å². The molecule has 3 aromatic rings. The lowest BCUT2D eigenvalue weighted by Gasteiger charge is -2.08. The zero-order valence-electron chi connectivity index (χ0n) is 10.9. The van der Waals surface area contributed by atoms with Gasteiger partial charge in [-0.05, 0) is 24.3 Å². The lowest BCUT2D eigenvalue weighted by molar-refractivity contribution is 0.102. The van der Waals surface area contributed by atoms with Crippen molar-refractivity contribution in [3.63, 3.8) is 0 Å². The lowest BCUT2D eigenvalue weighted by atomic mass is 10.2. The molecule has 3 N–H and O–H groups in total. The molecule has 0 atom stereocenters. The molecule has 1 amide bonds. The monoisotopic (exact) mass is 298 g/mol. The molecule has 0 aliphatic rings. The van der Waals surface area contributed by atoms with Crippen molar-refractivity contribution < 1.29 is 4.79 Å². The summed E-state index contributed by atoms with van der Waals surface area (Å²) in [4.78, 5) is 20.5. The van der Waals surface area contributed by atoms with E-state index in [9.17, 15) is 4.79 Å². The largest absolute Gasteiger partial charge is 0.384 e. The number of aromatic nitrogens is 2. The molecule has 0 saturated carbocycles. The van der Waals surface area contributed by atoms with Crippen LogP contribution < -0.4 is 11.1 Å². The highest BCUT2D eigenvalue weighted by molar-refractivity contribution is 6.34. The van der Waals surface area contributed by atoms with E-state index < -0.39 is 5.91 Å². The molecule has 5 nitrogen and oxygen atoms in total. The predicted octanol–water partition coefficient (Wildman–Crippen LogP) is 3.12. The van der Waals surface area contributed by atoms with Gasteiger partial charge in [0.25, 0.3) is 5.91 Å². The maximum atomic E-state index is 12.3. The number of pyridine rings is 2. The highest BCUT2D eigenvalue weighted by atomic mass is 35.5. The summed E-state index contributed by atoms with van der Waals surface area (Å²) in [5.74, 6) is -0.189. The van der Waals surface area contributed by atoms with E-state index in [-0.39, 0.29) is 16.5 Å². The van der Waals surface area contributed by atoms with Crippen molar-refractivity contribution in [3.05, 3.63) is 59.4 Å². The molecule has 0 aliphatic carbocycles. The number of halogens is 1. The number of amides is 1. The van der Waals surface area contributed by atoms with Gasteiger partial charge in [0, 0.05) is 11.6 Å². The number of anilines is 2. The van der Waals surface area contributed by atoms with E-state index in [0.29, 0.717) is 11.2 Å². The molecule has 0 spiro atoms. The molecule has 2 heterocycles. The van der Waals surface area contributed by atoms with E-state index in [4.69, 9.17) is 17.3 Å². The summed E-state index contributed by atoms with van der Waals surface area (Å²) >= 11 is 5.98. The van der Waals surface area contributed by atoms with Crippen LogP contribution in [-0.4, -0.2) is 15.9 Å². The first-order valence-corrected chi connectivity index (χ1v) is 6.60. The van der Waals surface area contributed by atoms with Crippen molar-refractivity contribution in [2.75, 3.05) is 11.1 Å². The van der Waals surface area contributed by atoms with Crippen molar-refractivity contribution in [3.8, 4) is 0 Å². The molecular formula is C15H11ClN4O. The second-order valence-electron chi connectivity index (χ2n) is 4.40. The van der Waals surface area contributed by atoms with Gasteiger partial charge in [-0.25, -0.2) is 4.98 Å². The molecule has 0 saturated heterocycles. The SMILES string of the molecule is Nc1ccc(Cl)c(C(=O)Nc2cccc3cccnc23)n1. The van der Waals surface area contributed by atoms with Gasteiger partial charge in [0.05, 0.1) is 16.2 Å². The van der Waals surface area contributed by atoms with Gasteiger partial charge in [0.15, 0.2) is 0 Å². The average Bonchev–Trinajstić information content (AvgIpc) is 2.50. The first-order valence-electron chi connectivity index (χ1n) is 6.22. The second kappa shape index (κ2) is 5.38. The van der Waals surface area contributed by atoms with Crippen LogP contribution >= 0.6 is 11.6 Å². The zero-order chi connectivity index (χ0) is 14.8. The van der Waals surface area contributed by atoms with E-state index >= 15 is 0 Å². The summed E-state index contributed by atoms with van der Waals surface area (Å²) < 4.78 is 0. The number of nitrogens with one attached hydrogen (secondary N) is 1. The highest BCUT2D eigenvalue weighted by Gasteiger charge is 2.14. The van der Waals surface area contributed by atoms with E-state index in [2.05, 4.69) is 15.3 Å². The van der Waals surface area contributed by atoms with Crippen LogP contribution in [0.1, 0.15) is 10.5 Å². The third kappa shape index (κ3) is 2.64. The van der Waals surface area contributed by atoms with Crippen LogP contribution in [0.3, 0.4) is 0 Å². The second-order valence-corrected chi connectivity index (χ2v) is 4.81.